The van der Waals surface area contributed by atoms with E-state index in [2.05, 4.69) is 31.1 Å². The molecule has 1 aromatic carbocycles. The van der Waals surface area contributed by atoms with Crippen molar-refractivity contribution in [2.24, 2.45) is 0 Å². The summed E-state index contributed by atoms with van der Waals surface area (Å²) in [6.07, 6.45) is 1.63. The Kier molecular flexibility index (Phi) is 6.10. The number of carbonyl (C=O) groups excluding carboxylic acids is 1. The maximum Gasteiger partial charge on any atom is 0.341 e. The van der Waals surface area contributed by atoms with Gasteiger partial charge in [-0.2, -0.15) is 5.10 Å². The zero-order valence-corrected chi connectivity index (χ0v) is 18.3. The third kappa shape index (κ3) is 4.45. The van der Waals surface area contributed by atoms with Gasteiger partial charge in [0.1, 0.15) is 22.9 Å². The molecule has 0 radical (unpaired) electrons. The van der Waals surface area contributed by atoms with Gasteiger partial charge in [0.05, 0.1) is 25.1 Å². The lowest BCUT2D eigenvalue weighted by Crippen LogP contribution is -2.13. The molecule has 0 aliphatic heterocycles. The van der Waals surface area contributed by atoms with Gasteiger partial charge in [-0.15, -0.1) is 0 Å². The van der Waals surface area contributed by atoms with Gasteiger partial charge in [-0.25, -0.2) is 14.5 Å². The van der Waals surface area contributed by atoms with Crippen molar-refractivity contribution in [2.45, 2.75) is 40.0 Å². The molecule has 0 unspecified atom stereocenters. The maximum atomic E-state index is 12.4. The largest absolute Gasteiger partial charge is 0.497 e. The first kappa shape index (κ1) is 21.4. The van der Waals surface area contributed by atoms with Gasteiger partial charge in [-0.3, -0.25) is 0 Å². The van der Waals surface area contributed by atoms with Crippen LogP contribution in [0.4, 0.5) is 11.6 Å². The van der Waals surface area contributed by atoms with Crippen LogP contribution in [0.25, 0.3) is 5.69 Å². The molecule has 0 amide bonds. The third-order valence-corrected chi connectivity index (χ3v) is 4.67. The molecule has 0 atom stereocenters. The van der Waals surface area contributed by atoms with Crippen LogP contribution in [-0.4, -0.2) is 34.5 Å². The van der Waals surface area contributed by atoms with E-state index in [1.54, 1.807) is 32.4 Å². The van der Waals surface area contributed by atoms with Crippen molar-refractivity contribution in [1.29, 1.82) is 0 Å². The van der Waals surface area contributed by atoms with Gasteiger partial charge in [0.25, 0.3) is 0 Å². The number of aryl methyl sites for hydroxylation is 1. The summed E-state index contributed by atoms with van der Waals surface area (Å²) >= 11 is 0. The van der Waals surface area contributed by atoms with Crippen LogP contribution in [-0.2, 0) is 10.2 Å². The first-order valence-corrected chi connectivity index (χ1v) is 9.89. The second-order valence-corrected chi connectivity index (χ2v) is 7.97. The van der Waals surface area contributed by atoms with Gasteiger partial charge in [0, 0.05) is 23.7 Å². The molecule has 0 fully saturated rings. The lowest BCUT2D eigenvalue weighted by atomic mass is 9.92. The van der Waals surface area contributed by atoms with E-state index in [1.165, 1.54) is 0 Å². The highest BCUT2D eigenvalue weighted by Crippen LogP contribution is 2.31. The Morgan fingerprint density at radius 2 is 1.97 bits per heavy atom. The summed E-state index contributed by atoms with van der Waals surface area (Å²) in [4.78, 5) is 16.7. The Balaban J connectivity index is 2.13. The molecule has 0 bridgehead atoms. The smallest absolute Gasteiger partial charge is 0.341 e. The lowest BCUT2D eigenvalue weighted by molar-refractivity contribution is 0.0527. The average molecular weight is 409 g/mol. The highest BCUT2D eigenvalue weighted by Gasteiger charge is 2.23. The van der Waals surface area contributed by atoms with E-state index < -0.39 is 5.97 Å². The van der Waals surface area contributed by atoms with Gasteiger partial charge in [0.2, 0.25) is 0 Å². The monoisotopic (exact) mass is 408 g/mol. The molecule has 1 N–H and O–H groups in total. The number of methoxy groups -OCH3 is 1. The summed E-state index contributed by atoms with van der Waals surface area (Å²) in [5.41, 5.74) is 3.02. The minimum Gasteiger partial charge on any atom is -0.497 e. The van der Waals surface area contributed by atoms with E-state index in [4.69, 9.17) is 14.6 Å². The molecule has 0 spiro atoms. The van der Waals surface area contributed by atoms with Crippen molar-refractivity contribution >= 4 is 17.6 Å². The van der Waals surface area contributed by atoms with Crippen LogP contribution in [0, 0.1) is 6.92 Å². The van der Waals surface area contributed by atoms with E-state index in [9.17, 15) is 4.79 Å². The summed E-state index contributed by atoms with van der Waals surface area (Å²) in [5.74, 6) is 1.42. The van der Waals surface area contributed by atoms with Crippen molar-refractivity contribution in [3.8, 4) is 11.4 Å². The molecule has 2 aromatic heterocycles. The standard InChI is InChI=1S/C23H28N4O3/c1-7-30-22(28)17-9-8-12-24-21(17)25-20-14-19(23(3,4)5)26-27(20)18-13-16(29-6)11-10-15(18)2/h8-14H,7H2,1-6H3,(H,24,25). The normalized spacial score (nSPS) is 11.3. The van der Waals surface area contributed by atoms with Crippen LogP contribution in [0.2, 0.25) is 0 Å². The fourth-order valence-corrected chi connectivity index (χ4v) is 2.96. The minimum atomic E-state index is -0.423. The van der Waals surface area contributed by atoms with E-state index in [0.29, 0.717) is 23.8 Å². The van der Waals surface area contributed by atoms with Gasteiger partial charge in [0.15, 0.2) is 0 Å². The van der Waals surface area contributed by atoms with Gasteiger partial charge in [-0.1, -0.05) is 26.8 Å². The summed E-state index contributed by atoms with van der Waals surface area (Å²) in [7, 11) is 1.64. The number of esters is 1. The van der Waals surface area contributed by atoms with Gasteiger partial charge >= 0.3 is 5.97 Å². The topological polar surface area (TPSA) is 78.3 Å². The predicted molar refractivity (Wildman–Crippen MR) is 117 cm³/mol. The quantitative estimate of drug-likeness (QED) is 0.590. The number of nitrogens with one attached hydrogen (secondary N) is 1. The molecule has 0 saturated carbocycles. The lowest BCUT2D eigenvalue weighted by Gasteiger charge is -2.15. The maximum absolute atomic E-state index is 12.4. The number of anilines is 2. The van der Waals surface area contributed by atoms with Crippen LogP contribution in [0.5, 0.6) is 5.75 Å². The number of rotatable bonds is 6. The molecule has 3 rings (SSSR count). The van der Waals surface area contributed by atoms with Crippen LogP contribution < -0.4 is 10.1 Å². The number of hydrogen-bond acceptors (Lipinski definition) is 6. The Hall–Kier alpha value is -3.35. The number of aromatic nitrogens is 3. The molecule has 0 aliphatic carbocycles. The van der Waals surface area contributed by atoms with Gasteiger partial charge in [-0.05, 0) is 37.6 Å². The van der Waals surface area contributed by atoms with Crippen molar-refractivity contribution < 1.29 is 14.3 Å². The van der Waals surface area contributed by atoms with Crippen molar-refractivity contribution in [2.75, 3.05) is 19.0 Å². The zero-order valence-electron chi connectivity index (χ0n) is 18.3. The van der Waals surface area contributed by atoms with E-state index in [0.717, 1.165) is 22.7 Å². The Morgan fingerprint density at radius 1 is 1.20 bits per heavy atom. The predicted octanol–water partition coefficient (Wildman–Crippen LogP) is 4.80. The first-order valence-electron chi connectivity index (χ1n) is 9.89. The van der Waals surface area contributed by atoms with Crippen LogP contribution in [0.1, 0.15) is 49.3 Å². The van der Waals surface area contributed by atoms with Crippen molar-refractivity contribution in [3.05, 3.63) is 59.4 Å². The second-order valence-electron chi connectivity index (χ2n) is 7.97. The molecule has 158 valence electrons. The van der Waals surface area contributed by atoms with Crippen LogP contribution >= 0.6 is 0 Å². The highest BCUT2D eigenvalue weighted by molar-refractivity contribution is 5.95. The van der Waals surface area contributed by atoms with E-state index in [-0.39, 0.29) is 5.41 Å². The summed E-state index contributed by atoms with van der Waals surface area (Å²) in [6, 6.07) is 11.2. The molecule has 0 aliphatic rings. The zero-order chi connectivity index (χ0) is 21.9. The Bertz CT molecular complexity index is 1050. The minimum absolute atomic E-state index is 0.164. The number of hydrogen-bond donors (Lipinski definition) is 1. The van der Waals surface area contributed by atoms with Crippen LogP contribution in [0.15, 0.2) is 42.6 Å². The van der Waals surface area contributed by atoms with E-state index >= 15 is 0 Å². The molecule has 2 heterocycles. The van der Waals surface area contributed by atoms with Gasteiger partial charge < -0.3 is 14.8 Å². The fraction of sp³-hybridized carbons (Fsp3) is 0.348. The number of nitrogens with zero attached hydrogens (tertiary/aromatic N) is 3. The molecular weight excluding hydrogens is 380 g/mol. The number of ether oxygens (including phenoxy) is 2. The molecular formula is C23H28N4O3. The highest BCUT2D eigenvalue weighted by atomic mass is 16.5. The number of benzene rings is 1. The second kappa shape index (κ2) is 8.57. The van der Waals surface area contributed by atoms with Crippen molar-refractivity contribution in [1.82, 2.24) is 14.8 Å². The summed E-state index contributed by atoms with van der Waals surface area (Å²) < 4.78 is 12.4. The SMILES string of the molecule is CCOC(=O)c1cccnc1Nc1cc(C(C)(C)C)nn1-c1cc(OC)ccc1C. The Labute approximate surface area is 177 Å². The molecule has 7 heteroatoms. The Morgan fingerprint density at radius 3 is 2.63 bits per heavy atom. The van der Waals surface area contributed by atoms with Crippen molar-refractivity contribution in [3.63, 3.8) is 0 Å². The number of carbonyl (C=O) groups is 1. The molecule has 7 nitrogen and oxygen atoms in total. The third-order valence-electron chi connectivity index (χ3n) is 4.67. The molecule has 30 heavy (non-hydrogen) atoms. The first-order chi connectivity index (χ1) is 14.2. The molecule has 3 aromatic rings. The fourth-order valence-electron chi connectivity index (χ4n) is 2.96. The number of pyridine rings is 1. The summed E-state index contributed by atoms with van der Waals surface area (Å²) in [6.45, 7) is 10.4. The van der Waals surface area contributed by atoms with Crippen LogP contribution in [0.3, 0.4) is 0 Å². The summed E-state index contributed by atoms with van der Waals surface area (Å²) in [5, 5.41) is 8.13. The van der Waals surface area contributed by atoms with E-state index in [1.807, 2.05) is 35.9 Å². The molecule has 0 saturated heterocycles. The average Bonchev–Trinajstić information content (AvgIpc) is 3.13.